The van der Waals surface area contributed by atoms with Crippen molar-refractivity contribution in [1.29, 1.82) is 0 Å². The molecule has 1 atom stereocenters. The maximum Gasteiger partial charge on any atom is 0.152 e. The van der Waals surface area contributed by atoms with E-state index < -0.39 is 6.23 Å². The highest BCUT2D eigenvalue weighted by atomic mass is 16.3. The molecular formula is C26H32N6O. The largest absolute Gasteiger partial charge is 0.372 e. The number of pyridine rings is 1. The Labute approximate surface area is 195 Å². The number of nitrogens with one attached hydrogen (secondary N) is 1. The number of aliphatic hydroxyl groups is 1. The van der Waals surface area contributed by atoms with Crippen LogP contribution >= 0.6 is 0 Å². The van der Waals surface area contributed by atoms with Gasteiger partial charge < -0.3 is 24.8 Å². The Morgan fingerprint density at radius 3 is 2.94 bits per heavy atom. The molecule has 2 aliphatic rings. The van der Waals surface area contributed by atoms with Gasteiger partial charge in [-0.25, -0.2) is 4.90 Å². The first kappa shape index (κ1) is 21.8. The van der Waals surface area contributed by atoms with Gasteiger partial charge in [0.25, 0.3) is 0 Å². The summed E-state index contributed by atoms with van der Waals surface area (Å²) in [6, 6.07) is 12.6. The Hall–Kier alpha value is -3.05. The summed E-state index contributed by atoms with van der Waals surface area (Å²) in [5, 5.41) is 17.4. The summed E-state index contributed by atoms with van der Waals surface area (Å²) in [6.45, 7) is 7.59. The van der Waals surface area contributed by atoms with Gasteiger partial charge in [-0.15, -0.1) is 5.92 Å². The van der Waals surface area contributed by atoms with Gasteiger partial charge in [-0.3, -0.25) is 4.98 Å². The smallest absolute Gasteiger partial charge is 0.152 e. The molecule has 33 heavy (non-hydrogen) atoms. The molecule has 1 saturated heterocycles. The van der Waals surface area contributed by atoms with Gasteiger partial charge in [0.2, 0.25) is 0 Å². The molecule has 0 amide bonds. The third kappa shape index (κ3) is 4.18. The second-order valence-corrected chi connectivity index (χ2v) is 8.82. The minimum atomic E-state index is -0.727. The van der Waals surface area contributed by atoms with Crippen LogP contribution in [0.3, 0.4) is 0 Å². The molecular weight excluding hydrogens is 412 g/mol. The van der Waals surface area contributed by atoms with E-state index in [-0.39, 0.29) is 0 Å². The summed E-state index contributed by atoms with van der Waals surface area (Å²) in [6.07, 6.45) is 2.23. The van der Waals surface area contributed by atoms with Crippen LogP contribution in [0.2, 0.25) is 0 Å². The molecule has 1 aromatic carbocycles. The fourth-order valence-corrected chi connectivity index (χ4v) is 5.01. The van der Waals surface area contributed by atoms with Crippen LogP contribution in [0.4, 0.5) is 11.5 Å². The van der Waals surface area contributed by atoms with Crippen molar-refractivity contribution in [2.45, 2.75) is 32.7 Å². The number of fused-ring (bicyclic) bond motifs is 2. The third-order valence-electron chi connectivity index (χ3n) is 6.68. The molecule has 0 spiro atoms. The van der Waals surface area contributed by atoms with Crippen LogP contribution in [0, 0.1) is 11.8 Å². The van der Waals surface area contributed by atoms with E-state index in [2.05, 4.69) is 66.7 Å². The van der Waals surface area contributed by atoms with Gasteiger partial charge in [-0.05, 0) is 31.3 Å². The van der Waals surface area contributed by atoms with Crippen LogP contribution in [-0.2, 0) is 13.1 Å². The summed E-state index contributed by atoms with van der Waals surface area (Å²) in [4.78, 5) is 11.4. The predicted octanol–water partition coefficient (Wildman–Crippen LogP) is 2.76. The van der Waals surface area contributed by atoms with Crippen LogP contribution in [-0.4, -0.2) is 59.5 Å². The van der Waals surface area contributed by atoms with Crippen molar-refractivity contribution in [3.63, 3.8) is 0 Å². The molecule has 3 aromatic rings. The van der Waals surface area contributed by atoms with Crippen molar-refractivity contribution in [1.82, 2.24) is 19.8 Å². The van der Waals surface area contributed by atoms with Gasteiger partial charge >= 0.3 is 0 Å². The highest BCUT2D eigenvalue weighted by Gasteiger charge is 2.34. The lowest BCUT2D eigenvalue weighted by atomic mass is 10.1. The van der Waals surface area contributed by atoms with Crippen LogP contribution in [0.5, 0.6) is 0 Å². The number of nitrogens with zero attached hydrogens (tertiary/aromatic N) is 5. The van der Waals surface area contributed by atoms with Gasteiger partial charge in [0.05, 0.1) is 30.3 Å². The van der Waals surface area contributed by atoms with Gasteiger partial charge in [0.1, 0.15) is 5.82 Å². The highest BCUT2D eigenvalue weighted by Crippen LogP contribution is 2.40. The topological polar surface area (TPSA) is 59.8 Å². The molecule has 7 nitrogen and oxygen atoms in total. The van der Waals surface area contributed by atoms with E-state index in [1.54, 1.807) is 0 Å². The normalized spacial score (nSPS) is 19.2. The third-order valence-corrected chi connectivity index (χ3v) is 6.68. The number of aromatic nitrogens is 2. The molecule has 1 unspecified atom stereocenters. The maximum absolute atomic E-state index is 11.6. The van der Waals surface area contributed by atoms with Crippen molar-refractivity contribution in [2.75, 3.05) is 49.7 Å². The molecule has 4 heterocycles. The van der Waals surface area contributed by atoms with E-state index in [1.807, 2.05) is 31.3 Å². The molecule has 0 radical (unpaired) electrons. The summed E-state index contributed by atoms with van der Waals surface area (Å²) in [7, 11) is 2.10. The fourth-order valence-electron chi connectivity index (χ4n) is 5.01. The molecule has 0 aliphatic carbocycles. The number of anilines is 2. The summed E-state index contributed by atoms with van der Waals surface area (Å²) in [5.41, 5.74) is 2.97. The first-order chi connectivity index (χ1) is 16.2. The Balaban J connectivity index is 1.52. The second kappa shape index (κ2) is 9.44. The second-order valence-electron chi connectivity index (χ2n) is 8.82. The zero-order chi connectivity index (χ0) is 22.8. The molecule has 5 rings (SSSR count). The Morgan fingerprint density at radius 1 is 1.18 bits per heavy atom. The van der Waals surface area contributed by atoms with Crippen LogP contribution in [0.1, 0.15) is 31.0 Å². The average Bonchev–Trinajstić information content (AvgIpc) is 3.01. The van der Waals surface area contributed by atoms with E-state index in [0.717, 1.165) is 60.9 Å². The van der Waals surface area contributed by atoms with E-state index in [4.69, 9.17) is 0 Å². The number of benzene rings is 1. The van der Waals surface area contributed by atoms with Crippen LogP contribution in [0.15, 0.2) is 42.6 Å². The van der Waals surface area contributed by atoms with E-state index in [0.29, 0.717) is 19.8 Å². The number of rotatable bonds is 4. The lowest BCUT2D eigenvalue weighted by Gasteiger charge is -2.38. The molecule has 1 fully saturated rings. The van der Waals surface area contributed by atoms with Gasteiger partial charge in [-0.1, -0.05) is 30.2 Å². The van der Waals surface area contributed by atoms with E-state index >= 15 is 0 Å². The standard InChI is InChI=1S/C26H32N6O/c1-3-4-15-32-24(30-14-7-11-27-13-16-30)17-23-25(32)26(33)31(19-29(23)2)18-22-21-9-6-5-8-20(21)10-12-28-22/h5-6,8-10,12,17,26-27,33H,7,11,13-16,18-19H2,1-2H3. The summed E-state index contributed by atoms with van der Waals surface area (Å²) >= 11 is 0. The molecule has 2 aliphatic heterocycles. The number of hydrogen-bond acceptors (Lipinski definition) is 6. The average molecular weight is 445 g/mol. The van der Waals surface area contributed by atoms with Gasteiger partial charge in [0, 0.05) is 50.9 Å². The first-order valence-corrected chi connectivity index (χ1v) is 11.7. The lowest BCUT2D eigenvalue weighted by molar-refractivity contribution is -0.0156. The van der Waals surface area contributed by atoms with Crippen molar-refractivity contribution < 1.29 is 5.11 Å². The van der Waals surface area contributed by atoms with E-state index in [1.165, 1.54) is 5.39 Å². The van der Waals surface area contributed by atoms with Crippen molar-refractivity contribution in [3.8, 4) is 11.8 Å². The summed E-state index contributed by atoms with van der Waals surface area (Å²) < 4.78 is 2.21. The summed E-state index contributed by atoms with van der Waals surface area (Å²) in [5.74, 6) is 7.40. The first-order valence-electron chi connectivity index (χ1n) is 11.7. The van der Waals surface area contributed by atoms with Crippen molar-refractivity contribution >= 4 is 22.3 Å². The Bertz CT molecular complexity index is 1180. The Morgan fingerprint density at radius 2 is 2.06 bits per heavy atom. The molecule has 0 saturated carbocycles. The van der Waals surface area contributed by atoms with Gasteiger partial charge in [0.15, 0.2) is 6.23 Å². The zero-order valence-corrected chi connectivity index (χ0v) is 19.5. The number of aliphatic hydroxyl groups excluding tert-OH is 1. The Kier molecular flexibility index (Phi) is 6.23. The predicted molar refractivity (Wildman–Crippen MR) is 133 cm³/mol. The van der Waals surface area contributed by atoms with Crippen molar-refractivity contribution in [3.05, 3.63) is 54.0 Å². The molecule has 0 bridgehead atoms. The van der Waals surface area contributed by atoms with Crippen molar-refractivity contribution in [2.24, 2.45) is 0 Å². The van der Waals surface area contributed by atoms with Gasteiger partial charge in [-0.2, -0.15) is 0 Å². The molecule has 2 aromatic heterocycles. The SMILES string of the molecule is CC#CCn1c(N2CCCNCC2)cc2c1C(O)N(Cc1nccc3ccccc13)CN2C. The van der Waals surface area contributed by atoms with Crippen LogP contribution < -0.4 is 15.1 Å². The van der Waals surface area contributed by atoms with Crippen LogP contribution in [0.25, 0.3) is 10.8 Å². The maximum atomic E-state index is 11.6. The molecule has 7 heteroatoms. The number of hydrogen-bond donors (Lipinski definition) is 2. The molecule has 2 N–H and O–H groups in total. The zero-order valence-electron chi connectivity index (χ0n) is 19.5. The van der Waals surface area contributed by atoms with E-state index in [9.17, 15) is 5.11 Å². The quantitative estimate of drug-likeness (QED) is 0.604. The highest BCUT2D eigenvalue weighted by molar-refractivity contribution is 5.84. The fraction of sp³-hybridized carbons (Fsp3) is 0.423. The monoisotopic (exact) mass is 444 g/mol. The lowest BCUT2D eigenvalue weighted by Crippen LogP contribution is -2.43. The minimum Gasteiger partial charge on any atom is -0.372 e. The molecule has 172 valence electrons. The minimum absolute atomic E-state index is 0.566.